The second-order valence-corrected chi connectivity index (χ2v) is 8.58. The van der Waals surface area contributed by atoms with Crippen molar-refractivity contribution in [3.63, 3.8) is 0 Å². The van der Waals surface area contributed by atoms with Gasteiger partial charge in [0.1, 0.15) is 23.6 Å². The smallest absolute Gasteiger partial charge is 0.251 e. The molecule has 1 N–H and O–H groups in total. The highest BCUT2D eigenvalue weighted by molar-refractivity contribution is 7.09. The molecule has 0 aliphatic carbocycles. The van der Waals surface area contributed by atoms with Crippen LogP contribution in [0.4, 0.5) is 0 Å². The summed E-state index contributed by atoms with van der Waals surface area (Å²) in [6, 6.07) is 17.2. The second-order valence-electron chi connectivity index (χ2n) is 7.55. The van der Waals surface area contributed by atoms with E-state index in [-0.39, 0.29) is 31.4 Å². The predicted octanol–water partition coefficient (Wildman–Crippen LogP) is 3.77. The average Bonchev–Trinajstić information content (AvgIpc) is 3.66. The molecule has 0 radical (unpaired) electrons. The lowest BCUT2D eigenvalue weighted by atomic mass is 10.1. The van der Waals surface area contributed by atoms with Crippen molar-refractivity contribution >= 4 is 34.2 Å². The van der Waals surface area contributed by atoms with Crippen molar-refractivity contribution in [3.05, 3.63) is 95.0 Å². The molecule has 4 aromatic heterocycles. The molecule has 34 heavy (non-hydrogen) atoms. The summed E-state index contributed by atoms with van der Waals surface area (Å²) >= 11 is 1.51. The van der Waals surface area contributed by atoms with Crippen LogP contribution in [0.15, 0.2) is 87.4 Å². The highest BCUT2D eigenvalue weighted by atomic mass is 32.1. The topological polar surface area (TPSA) is 106 Å². The minimum atomic E-state index is -0.977. The van der Waals surface area contributed by atoms with Crippen LogP contribution >= 0.6 is 11.3 Å². The van der Waals surface area contributed by atoms with E-state index in [1.807, 2.05) is 41.8 Å². The number of fused-ring (bicyclic) bond motifs is 1. The highest BCUT2D eigenvalue weighted by Crippen LogP contribution is 2.26. The Hall–Kier alpha value is -4.18. The first-order valence-corrected chi connectivity index (χ1v) is 11.5. The molecule has 1 atom stereocenters. The van der Waals surface area contributed by atoms with Gasteiger partial charge < -0.3 is 19.1 Å². The number of benzene rings is 1. The average molecular weight is 476 g/mol. The van der Waals surface area contributed by atoms with Crippen molar-refractivity contribution in [3.8, 4) is 0 Å². The maximum atomic E-state index is 13.7. The van der Waals surface area contributed by atoms with E-state index in [0.717, 1.165) is 10.4 Å². The lowest BCUT2D eigenvalue weighted by Gasteiger charge is -2.29. The van der Waals surface area contributed by atoms with Crippen molar-refractivity contribution in [1.82, 2.24) is 25.2 Å². The lowest BCUT2D eigenvalue weighted by Crippen LogP contribution is -2.44. The minimum Gasteiger partial charge on any atom is -0.467 e. The van der Waals surface area contributed by atoms with Crippen LogP contribution in [-0.2, 0) is 29.2 Å². The number of amides is 2. The van der Waals surface area contributed by atoms with Crippen LogP contribution in [0, 0.1) is 0 Å². The molecule has 0 unspecified atom stereocenters. The standard InChI is InChI=1S/C24H21N5O4S/c30-22(16-29-20-9-2-1-8-19(20)26-27-29)28(15-18-7-5-13-34-18)23(21-10-4-12-33-21)24(31)25-14-17-6-3-11-32-17/h1-13,23H,14-16H2,(H,25,31)/t23-/m1/s1. The van der Waals surface area contributed by atoms with Gasteiger partial charge in [0.2, 0.25) is 5.91 Å². The fourth-order valence-electron chi connectivity index (χ4n) is 3.70. The molecule has 0 aliphatic rings. The van der Waals surface area contributed by atoms with E-state index in [1.54, 1.807) is 35.2 Å². The van der Waals surface area contributed by atoms with Crippen LogP contribution in [-0.4, -0.2) is 31.7 Å². The molecule has 5 rings (SSSR count). The Labute approximate surface area is 198 Å². The normalized spacial score (nSPS) is 12.0. The summed E-state index contributed by atoms with van der Waals surface area (Å²) in [4.78, 5) is 29.5. The summed E-state index contributed by atoms with van der Waals surface area (Å²) in [5.74, 6) is 0.306. The molecule has 5 aromatic rings. The molecular weight excluding hydrogens is 454 g/mol. The van der Waals surface area contributed by atoms with Gasteiger partial charge in [0.25, 0.3) is 5.91 Å². The molecule has 172 valence electrons. The summed E-state index contributed by atoms with van der Waals surface area (Å²) in [6.45, 7) is 0.356. The second kappa shape index (κ2) is 9.75. The summed E-state index contributed by atoms with van der Waals surface area (Å²) in [5, 5.41) is 13.1. The maximum absolute atomic E-state index is 13.7. The number of aromatic nitrogens is 3. The van der Waals surface area contributed by atoms with Crippen LogP contribution in [0.1, 0.15) is 22.4 Å². The van der Waals surface area contributed by atoms with Gasteiger partial charge in [-0.25, -0.2) is 4.68 Å². The van der Waals surface area contributed by atoms with E-state index in [1.165, 1.54) is 22.5 Å². The number of carbonyl (C=O) groups excluding carboxylic acids is 2. The zero-order chi connectivity index (χ0) is 23.3. The van der Waals surface area contributed by atoms with Gasteiger partial charge in [-0.2, -0.15) is 0 Å². The highest BCUT2D eigenvalue weighted by Gasteiger charge is 2.34. The van der Waals surface area contributed by atoms with E-state index >= 15 is 0 Å². The van der Waals surface area contributed by atoms with Gasteiger partial charge in [0.15, 0.2) is 6.04 Å². The third-order valence-electron chi connectivity index (χ3n) is 5.32. The van der Waals surface area contributed by atoms with Crippen LogP contribution in [0.25, 0.3) is 11.0 Å². The molecule has 0 spiro atoms. The predicted molar refractivity (Wildman–Crippen MR) is 124 cm³/mol. The molecule has 10 heteroatoms. The Morgan fingerprint density at radius 3 is 2.65 bits per heavy atom. The number of thiophene rings is 1. The van der Waals surface area contributed by atoms with Gasteiger partial charge in [-0.3, -0.25) is 9.59 Å². The Morgan fingerprint density at radius 2 is 1.88 bits per heavy atom. The number of hydrogen-bond donors (Lipinski definition) is 1. The van der Waals surface area contributed by atoms with E-state index in [0.29, 0.717) is 17.0 Å². The fourth-order valence-corrected chi connectivity index (χ4v) is 4.40. The molecule has 1 aromatic carbocycles. The van der Waals surface area contributed by atoms with E-state index in [4.69, 9.17) is 8.83 Å². The van der Waals surface area contributed by atoms with Crippen molar-refractivity contribution in [2.24, 2.45) is 0 Å². The third kappa shape index (κ3) is 4.62. The summed E-state index contributed by atoms with van der Waals surface area (Å²) in [6.07, 6.45) is 3.03. The van der Waals surface area contributed by atoms with Crippen molar-refractivity contribution in [1.29, 1.82) is 0 Å². The number of para-hydroxylation sites is 1. The van der Waals surface area contributed by atoms with Crippen LogP contribution in [0.3, 0.4) is 0 Å². The van der Waals surface area contributed by atoms with Gasteiger partial charge in [0.05, 0.1) is 31.1 Å². The maximum Gasteiger partial charge on any atom is 0.251 e. The minimum absolute atomic E-state index is 0.0748. The number of hydrogen-bond acceptors (Lipinski definition) is 7. The zero-order valence-electron chi connectivity index (χ0n) is 18.0. The summed E-state index contributed by atoms with van der Waals surface area (Å²) in [5.41, 5.74) is 1.43. The quantitative estimate of drug-likeness (QED) is 0.348. The molecule has 0 saturated carbocycles. The van der Waals surface area contributed by atoms with E-state index in [2.05, 4.69) is 15.6 Å². The van der Waals surface area contributed by atoms with Gasteiger partial charge in [0, 0.05) is 4.88 Å². The van der Waals surface area contributed by atoms with Gasteiger partial charge in [-0.1, -0.05) is 23.4 Å². The molecule has 4 heterocycles. The SMILES string of the molecule is O=C(NCc1ccco1)[C@@H](c1ccco1)N(Cc1cccs1)C(=O)Cn1nnc2ccccc21. The Balaban J connectivity index is 1.45. The molecule has 0 saturated heterocycles. The van der Waals surface area contributed by atoms with Gasteiger partial charge >= 0.3 is 0 Å². The number of nitrogens with zero attached hydrogens (tertiary/aromatic N) is 4. The Bertz CT molecular complexity index is 1360. The molecule has 0 aliphatic heterocycles. The number of rotatable bonds is 9. The van der Waals surface area contributed by atoms with Crippen LogP contribution in [0.2, 0.25) is 0 Å². The first-order chi connectivity index (χ1) is 16.7. The zero-order valence-corrected chi connectivity index (χ0v) is 18.9. The number of carbonyl (C=O) groups is 2. The lowest BCUT2D eigenvalue weighted by molar-refractivity contribution is -0.143. The summed E-state index contributed by atoms with van der Waals surface area (Å²) < 4.78 is 12.5. The molecule has 9 nitrogen and oxygen atoms in total. The van der Waals surface area contributed by atoms with Crippen LogP contribution < -0.4 is 5.32 Å². The first kappa shape index (κ1) is 21.7. The fraction of sp³-hybridized carbons (Fsp3) is 0.167. The van der Waals surface area contributed by atoms with Crippen molar-refractivity contribution in [2.45, 2.75) is 25.7 Å². The number of furan rings is 2. The van der Waals surface area contributed by atoms with Gasteiger partial charge in [-0.05, 0) is 47.8 Å². The molecule has 0 bridgehead atoms. The van der Waals surface area contributed by atoms with E-state index in [9.17, 15) is 9.59 Å². The molecule has 2 amide bonds. The monoisotopic (exact) mass is 475 g/mol. The largest absolute Gasteiger partial charge is 0.467 e. The summed E-state index contributed by atoms with van der Waals surface area (Å²) in [7, 11) is 0. The Kier molecular flexibility index (Phi) is 6.21. The molecular formula is C24H21N5O4S. The number of nitrogens with one attached hydrogen (secondary N) is 1. The van der Waals surface area contributed by atoms with Crippen LogP contribution in [0.5, 0.6) is 0 Å². The van der Waals surface area contributed by atoms with E-state index < -0.39 is 6.04 Å². The third-order valence-corrected chi connectivity index (χ3v) is 6.18. The van der Waals surface area contributed by atoms with Crippen molar-refractivity contribution < 1.29 is 18.4 Å². The van der Waals surface area contributed by atoms with Crippen molar-refractivity contribution in [2.75, 3.05) is 0 Å². The van der Waals surface area contributed by atoms with Gasteiger partial charge in [-0.15, -0.1) is 16.4 Å². The molecule has 0 fully saturated rings. The first-order valence-electron chi connectivity index (χ1n) is 10.6. The Morgan fingerprint density at radius 1 is 1.03 bits per heavy atom.